The van der Waals surface area contributed by atoms with Gasteiger partial charge < -0.3 is 5.73 Å². The summed E-state index contributed by atoms with van der Waals surface area (Å²) in [6.07, 6.45) is 5.44. The van der Waals surface area contributed by atoms with Crippen LogP contribution in [0.15, 0.2) is 22.8 Å². The predicted molar refractivity (Wildman–Crippen MR) is 82.9 cm³/mol. The molecule has 0 saturated carbocycles. The van der Waals surface area contributed by atoms with E-state index in [4.69, 9.17) is 5.73 Å². The van der Waals surface area contributed by atoms with Crippen LogP contribution in [0.1, 0.15) is 44.8 Å². The highest BCUT2D eigenvalue weighted by Gasteiger charge is 2.29. The van der Waals surface area contributed by atoms with Gasteiger partial charge in [-0.15, -0.1) is 0 Å². The molecule has 0 bridgehead atoms. The zero-order chi connectivity index (χ0) is 13.8. The smallest absolute Gasteiger partial charge is 0.0673 e. The maximum atomic E-state index is 6.42. The van der Waals surface area contributed by atoms with Crippen LogP contribution < -0.4 is 5.73 Å². The first-order valence-electron chi connectivity index (χ1n) is 7.19. The van der Waals surface area contributed by atoms with E-state index in [1.54, 1.807) is 0 Å². The van der Waals surface area contributed by atoms with Gasteiger partial charge >= 0.3 is 0 Å². The van der Waals surface area contributed by atoms with E-state index in [1.807, 2.05) is 6.20 Å². The summed E-state index contributed by atoms with van der Waals surface area (Å²) < 4.78 is 1.02. The zero-order valence-corrected chi connectivity index (χ0v) is 13.4. The second kappa shape index (κ2) is 6.82. The molecule has 2 unspecified atom stereocenters. The van der Waals surface area contributed by atoms with Gasteiger partial charge in [-0.25, -0.2) is 0 Å². The summed E-state index contributed by atoms with van der Waals surface area (Å²) in [4.78, 5) is 7.11. The number of hydrogen-bond acceptors (Lipinski definition) is 3. The van der Waals surface area contributed by atoms with Crippen molar-refractivity contribution < 1.29 is 0 Å². The average molecular weight is 326 g/mol. The first kappa shape index (κ1) is 14.9. The van der Waals surface area contributed by atoms with Crippen LogP contribution >= 0.6 is 15.9 Å². The zero-order valence-electron chi connectivity index (χ0n) is 11.8. The number of halogens is 1. The normalized spacial score (nSPS) is 25.5. The van der Waals surface area contributed by atoms with E-state index >= 15 is 0 Å². The Kier molecular flexibility index (Phi) is 5.37. The van der Waals surface area contributed by atoms with Crippen molar-refractivity contribution in [3.63, 3.8) is 0 Å². The van der Waals surface area contributed by atoms with E-state index in [0.717, 1.165) is 29.7 Å². The highest BCUT2D eigenvalue weighted by atomic mass is 79.9. The number of aromatic nitrogens is 1. The standard InChI is InChI=1S/C15H24BrN3/c1-11(2)10-19-8-4-3-5-13(17)15(19)14-7-6-12(16)9-18-14/h6-7,9,11,13,15H,3-5,8,10,17H2,1-2H3. The van der Waals surface area contributed by atoms with Crippen LogP contribution in [-0.2, 0) is 0 Å². The predicted octanol–water partition coefficient (Wildman–Crippen LogP) is 3.35. The molecule has 3 nitrogen and oxygen atoms in total. The molecular formula is C15H24BrN3. The van der Waals surface area contributed by atoms with E-state index < -0.39 is 0 Å². The van der Waals surface area contributed by atoms with Crippen LogP contribution in [0.2, 0.25) is 0 Å². The Hall–Kier alpha value is -0.450. The Morgan fingerprint density at radius 3 is 2.84 bits per heavy atom. The van der Waals surface area contributed by atoms with Crippen LogP contribution in [0.4, 0.5) is 0 Å². The van der Waals surface area contributed by atoms with Crippen molar-refractivity contribution in [2.45, 2.75) is 45.2 Å². The molecule has 2 rings (SSSR count). The van der Waals surface area contributed by atoms with E-state index in [0.29, 0.717) is 5.92 Å². The summed E-state index contributed by atoms with van der Waals surface area (Å²) in [5.74, 6) is 0.656. The molecule has 2 heterocycles. The van der Waals surface area contributed by atoms with E-state index in [1.165, 1.54) is 12.8 Å². The first-order chi connectivity index (χ1) is 9.08. The third-order valence-electron chi connectivity index (χ3n) is 3.68. The van der Waals surface area contributed by atoms with Crippen LogP contribution in [0.25, 0.3) is 0 Å². The maximum Gasteiger partial charge on any atom is 0.0673 e. The SMILES string of the molecule is CC(C)CN1CCCCC(N)C1c1ccc(Br)cn1. The van der Waals surface area contributed by atoms with Crippen molar-refractivity contribution >= 4 is 15.9 Å². The minimum Gasteiger partial charge on any atom is -0.326 e. The second-order valence-electron chi connectivity index (χ2n) is 5.89. The molecular weight excluding hydrogens is 302 g/mol. The van der Waals surface area contributed by atoms with Crippen LogP contribution in [0, 0.1) is 5.92 Å². The molecule has 106 valence electrons. The van der Waals surface area contributed by atoms with Gasteiger partial charge in [-0.2, -0.15) is 0 Å². The lowest BCUT2D eigenvalue weighted by Crippen LogP contribution is -2.41. The van der Waals surface area contributed by atoms with E-state index in [-0.39, 0.29) is 12.1 Å². The monoisotopic (exact) mass is 325 g/mol. The lowest BCUT2D eigenvalue weighted by Gasteiger charge is -2.34. The van der Waals surface area contributed by atoms with Crippen LogP contribution in [-0.4, -0.2) is 29.0 Å². The van der Waals surface area contributed by atoms with Crippen LogP contribution in [0.5, 0.6) is 0 Å². The van der Waals surface area contributed by atoms with Crippen molar-refractivity contribution in [2.75, 3.05) is 13.1 Å². The fraction of sp³-hybridized carbons (Fsp3) is 0.667. The Labute approximate surface area is 124 Å². The van der Waals surface area contributed by atoms with Gasteiger partial charge in [0.2, 0.25) is 0 Å². The minimum atomic E-state index is 0.190. The fourth-order valence-corrected chi connectivity index (χ4v) is 3.14. The van der Waals surface area contributed by atoms with E-state index in [2.05, 4.69) is 51.8 Å². The number of nitrogens with two attached hydrogens (primary N) is 1. The fourth-order valence-electron chi connectivity index (χ4n) is 2.91. The maximum absolute atomic E-state index is 6.42. The number of rotatable bonds is 3. The van der Waals surface area contributed by atoms with Gasteiger partial charge in [0.15, 0.2) is 0 Å². The van der Waals surface area contributed by atoms with Gasteiger partial charge in [-0.3, -0.25) is 9.88 Å². The van der Waals surface area contributed by atoms with Gasteiger partial charge in [0.25, 0.3) is 0 Å². The molecule has 4 heteroatoms. The molecule has 2 atom stereocenters. The van der Waals surface area contributed by atoms with Crippen molar-refractivity contribution in [1.82, 2.24) is 9.88 Å². The summed E-state index contributed by atoms with van der Waals surface area (Å²) in [5, 5.41) is 0. The molecule has 0 aliphatic carbocycles. The Morgan fingerprint density at radius 2 is 2.21 bits per heavy atom. The van der Waals surface area contributed by atoms with Gasteiger partial charge in [-0.05, 0) is 53.4 Å². The lowest BCUT2D eigenvalue weighted by atomic mass is 9.99. The minimum absolute atomic E-state index is 0.190. The molecule has 1 aliphatic heterocycles. The quantitative estimate of drug-likeness (QED) is 0.926. The molecule has 1 aromatic heterocycles. The highest BCUT2D eigenvalue weighted by Crippen LogP contribution is 2.29. The molecule has 1 aromatic rings. The first-order valence-corrected chi connectivity index (χ1v) is 7.98. The molecule has 1 saturated heterocycles. The summed E-state index contributed by atoms with van der Waals surface area (Å²) >= 11 is 3.45. The van der Waals surface area contributed by atoms with Crippen molar-refractivity contribution in [3.05, 3.63) is 28.5 Å². The van der Waals surface area contributed by atoms with Crippen molar-refractivity contribution in [3.8, 4) is 0 Å². The number of pyridine rings is 1. The Morgan fingerprint density at radius 1 is 1.42 bits per heavy atom. The third-order valence-corrected chi connectivity index (χ3v) is 4.15. The van der Waals surface area contributed by atoms with Gasteiger partial charge in [0.05, 0.1) is 11.7 Å². The topological polar surface area (TPSA) is 42.1 Å². The number of likely N-dealkylation sites (tertiary alicyclic amines) is 1. The average Bonchev–Trinajstić information content (AvgIpc) is 2.52. The molecule has 0 aromatic carbocycles. The van der Waals surface area contributed by atoms with Crippen molar-refractivity contribution in [2.24, 2.45) is 11.7 Å². The highest BCUT2D eigenvalue weighted by molar-refractivity contribution is 9.10. The molecule has 1 aliphatic rings. The van der Waals surface area contributed by atoms with E-state index in [9.17, 15) is 0 Å². The molecule has 0 spiro atoms. The molecule has 2 N–H and O–H groups in total. The van der Waals surface area contributed by atoms with Gasteiger partial charge in [0, 0.05) is 23.3 Å². The molecule has 1 fully saturated rings. The van der Waals surface area contributed by atoms with Crippen LogP contribution in [0.3, 0.4) is 0 Å². The third kappa shape index (κ3) is 4.01. The number of hydrogen-bond donors (Lipinski definition) is 1. The largest absolute Gasteiger partial charge is 0.326 e. The Balaban J connectivity index is 2.25. The lowest BCUT2D eigenvalue weighted by molar-refractivity contribution is 0.162. The van der Waals surface area contributed by atoms with Gasteiger partial charge in [-0.1, -0.05) is 20.3 Å². The molecule has 0 radical (unpaired) electrons. The summed E-state index contributed by atoms with van der Waals surface area (Å²) in [6, 6.07) is 4.62. The van der Waals surface area contributed by atoms with Gasteiger partial charge in [0.1, 0.15) is 0 Å². The summed E-state index contributed by atoms with van der Waals surface area (Å²) in [7, 11) is 0. The number of nitrogens with zero attached hydrogens (tertiary/aromatic N) is 2. The Bertz CT molecular complexity index is 391. The molecule has 0 amide bonds. The van der Waals surface area contributed by atoms with Crippen molar-refractivity contribution in [1.29, 1.82) is 0 Å². The molecule has 19 heavy (non-hydrogen) atoms. The summed E-state index contributed by atoms with van der Waals surface area (Å²) in [6.45, 7) is 6.76. The summed E-state index contributed by atoms with van der Waals surface area (Å²) in [5.41, 5.74) is 7.53. The second-order valence-corrected chi connectivity index (χ2v) is 6.81.